The molecular weight excluding hydrogens is 312 g/mol. The van der Waals surface area contributed by atoms with Gasteiger partial charge in [0.05, 0.1) is 10.3 Å². The lowest BCUT2D eigenvalue weighted by Crippen LogP contribution is -2.42. The van der Waals surface area contributed by atoms with Crippen molar-refractivity contribution in [3.05, 3.63) is 28.8 Å². The van der Waals surface area contributed by atoms with Crippen LogP contribution in [0.25, 0.3) is 0 Å². The largest absolute Gasteiger partial charge is 0.359 e. The molecule has 118 valence electrons. The standard InChI is InChI=1S/C14H21ClN2O3S/c1-14(2,13(18)16-3)9-17-8-10-11(15)6-5-7-12(10)21(4,19)20/h5-7,17H,8-9H2,1-4H3,(H,16,18). The van der Waals surface area contributed by atoms with Gasteiger partial charge in [-0.15, -0.1) is 0 Å². The number of carbonyl (C=O) groups is 1. The van der Waals surface area contributed by atoms with Crippen LogP contribution in [0.5, 0.6) is 0 Å². The molecule has 0 aromatic heterocycles. The molecule has 0 aliphatic carbocycles. The van der Waals surface area contributed by atoms with Gasteiger partial charge in [0.25, 0.3) is 0 Å². The highest BCUT2D eigenvalue weighted by molar-refractivity contribution is 7.90. The van der Waals surface area contributed by atoms with E-state index >= 15 is 0 Å². The molecule has 0 heterocycles. The number of amides is 1. The van der Waals surface area contributed by atoms with Crippen molar-refractivity contribution < 1.29 is 13.2 Å². The molecule has 7 heteroatoms. The number of halogens is 1. The first-order valence-corrected chi connectivity index (χ1v) is 8.77. The van der Waals surface area contributed by atoms with Crippen molar-refractivity contribution in [3.8, 4) is 0 Å². The van der Waals surface area contributed by atoms with Crippen molar-refractivity contribution in [2.24, 2.45) is 5.41 Å². The number of nitrogens with one attached hydrogen (secondary N) is 2. The minimum atomic E-state index is -3.35. The summed E-state index contributed by atoms with van der Waals surface area (Å²) in [6.07, 6.45) is 1.15. The molecule has 0 radical (unpaired) electrons. The van der Waals surface area contributed by atoms with Gasteiger partial charge in [0.1, 0.15) is 0 Å². The zero-order chi connectivity index (χ0) is 16.3. The fraction of sp³-hybridized carbons (Fsp3) is 0.500. The van der Waals surface area contributed by atoms with E-state index in [4.69, 9.17) is 11.6 Å². The Balaban J connectivity index is 2.89. The van der Waals surface area contributed by atoms with Crippen LogP contribution in [0.3, 0.4) is 0 Å². The topological polar surface area (TPSA) is 75.3 Å². The third-order valence-electron chi connectivity index (χ3n) is 3.19. The summed E-state index contributed by atoms with van der Waals surface area (Å²) in [5.74, 6) is -0.0857. The molecule has 1 amide bonds. The van der Waals surface area contributed by atoms with Crippen LogP contribution in [0.1, 0.15) is 19.4 Å². The first kappa shape index (κ1) is 17.9. The normalized spacial score (nSPS) is 12.2. The van der Waals surface area contributed by atoms with Crippen molar-refractivity contribution in [3.63, 3.8) is 0 Å². The number of hydrogen-bond acceptors (Lipinski definition) is 4. The van der Waals surface area contributed by atoms with E-state index in [2.05, 4.69) is 10.6 Å². The zero-order valence-corrected chi connectivity index (χ0v) is 14.2. The molecular formula is C14H21ClN2O3S. The Morgan fingerprint density at radius 2 is 1.95 bits per heavy atom. The molecule has 1 rings (SSSR count). The Hall–Kier alpha value is -1.11. The van der Waals surface area contributed by atoms with Gasteiger partial charge in [0, 0.05) is 37.0 Å². The zero-order valence-electron chi connectivity index (χ0n) is 12.7. The molecule has 0 aliphatic rings. The molecule has 0 fully saturated rings. The van der Waals surface area contributed by atoms with Crippen molar-refractivity contribution in [1.29, 1.82) is 0 Å². The molecule has 21 heavy (non-hydrogen) atoms. The molecule has 2 N–H and O–H groups in total. The Kier molecular flexibility index (Phi) is 5.78. The van der Waals surface area contributed by atoms with E-state index < -0.39 is 15.3 Å². The second kappa shape index (κ2) is 6.77. The lowest BCUT2D eigenvalue weighted by molar-refractivity contribution is -0.128. The highest BCUT2D eigenvalue weighted by Gasteiger charge is 2.26. The van der Waals surface area contributed by atoms with E-state index in [0.29, 0.717) is 17.1 Å². The summed E-state index contributed by atoms with van der Waals surface area (Å²) >= 11 is 6.09. The maximum absolute atomic E-state index is 11.8. The molecule has 0 aliphatic heterocycles. The molecule has 1 aromatic rings. The second-order valence-corrected chi connectivity index (χ2v) is 7.95. The summed E-state index contributed by atoms with van der Waals surface area (Å²) in [5, 5.41) is 6.09. The average Bonchev–Trinajstić information content (AvgIpc) is 2.38. The van der Waals surface area contributed by atoms with Crippen molar-refractivity contribution in [2.75, 3.05) is 19.8 Å². The third kappa shape index (κ3) is 4.69. The Labute approximate surface area is 131 Å². The molecule has 1 aromatic carbocycles. The number of hydrogen-bond donors (Lipinski definition) is 2. The quantitative estimate of drug-likeness (QED) is 0.829. The SMILES string of the molecule is CNC(=O)C(C)(C)CNCc1c(Cl)cccc1S(C)(=O)=O. The average molecular weight is 333 g/mol. The van der Waals surface area contributed by atoms with Crippen molar-refractivity contribution in [1.82, 2.24) is 10.6 Å². The Bertz CT molecular complexity index is 627. The molecule has 0 saturated heterocycles. The molecule has 0 spiro atoms. The highest BCUT2D eigenvalue weighted by Crippen LogP contribution is 2.24. The summed E-state index contributed by atoms with van der Waals surface area (Å²) in [5.41, 5.74) is -0.0734. The maximum atomic E-state index is 11.8. The van der Waals surface area contributed by atoms with E-state index in [1.54, 1.807) is 19.2 Å². The highest BCUT2D eigenvalue weighted by atomic mass is 35.5. The van der Waals surface area contributed by atoms with Gasteiger partial charge in [0.2, 0.25) is 5.91 Å². The van der Waals surface area contributed by atoms with Crippen LogP contribution >= 0.6 is 11.6 Å². The monoisotopic (exact) mass is 332 g/mol. The fourth-order valence-corrected chi connectivity index (χ4v) is 3.23. The van der Waals surface area contributed by atoms with Crippen LogP contribution < -0.4 is 10.6 Å². The molecule has 0 atom stereocenters. The Morgan fingerprint density at radius 1 is 1.33 bits per heavy atom. The smallest absolute Gasteiger partial charge is 0.226 e. The minimum Gasteiger partial charge on any atom is -0.359 e. The molecule has 5 nitrogen and oxygen atoms in total. The van der Waals surface area contributed by atoms with Gasteiger partial charge in [-0.1, -0.05) is 17.7 Å². The van der Waals surface area contributed by atoms with E-state index in [0.717, 1.165) is 6.26 Å². The lowest BCUT2D eigenvalue weighted by Gasteiger charge is -2.23. The van der Waals surface area contributed by atoms with Gasteiger partial charge in [-0.2, -0.15) is 0 Å². The lowest BCUT2D eigenvalue weighted by atomic mass is 9.92. The first-order valence-electron chi connectivity index (χ1n) is 6.50. The predicted octanol–water partition coefficient (Wildman–Crippen LogP) is 1.61. The predicted molar refractivity (Wildman–Crippen MR) is 84.1 cm³/mol. The van der Waals surface area contributed by atoms with Gasteiger partial charge in [-0.3, -0.25) is 4.79 Å². The van der Waals surface area contributed by atoms with Crippen LogP contribution in [0.2, 0.25) is 5.02 Å². The third-order valence-corrected chi connectivity index (χ3v) is 4.72. The summed E-state index contributed by atoms with van der Waals surface area (Å²) in [4.78, 5) is 11.9. The van der Waals surface area contributed by atoms with Gasteiger partial charge in [-0.05, 0) is 26.0 Å². The maximum Gasteiger partial charge on any atom is 0.226 e. The fourth-order valence-electron chi connectivity index (χ4n) is 1.98. The van der Waals surface area contributed by atoms with Gasteiger partial charge >= 0.3 is 0 Å². The number of sulfone groups is 1. The van der Waals surface area contributed by atoms with Crippen LogP contribution in [-0.4, -0.2) is 34.2 Å². The summed E-state index contributed by atoms with van der Waals surface area (Å²) in [7, 11) is -1.76. The van der Waals surface area contributed by atoms with E-state index in [1.165, 1.54) is 6.07 Å². The van der Waals surface area contributed by atoms with Crippen LogP contribution in [-0.2, 0) is 21.2 Å². The second-order valence-electron chi connectivity index (χ2n) is 5.56. The number of rotatable bonds is 6. The van der Waals surface area contributed by atoms with E-state index in [-0.39, 0.29) is 17.3 Å². The van der Waals surface area contributed by atoms with E-state index in [9.17, 15) is 13.2 Å². The van der Waals surface area contributed by atoms with E-state index in [1.807, 2.05) is 13.8 Å². The number of benzene rings is 1. The van der Waals surface area contributed by atoms with Gasteiger partial charge in [0.15, 0.2) is 9.84 Å². The summed E-state index contributed by atoms with van der Waals surface area (Å²) in [6, 6.07) is 4.79. The van der Waals surface area contributed by atoms with Crippen LogP contribution in [0, 0.1) is 5.41 Å². The van der Waals surface area contributed by atoms with Gasteiger partial charge in [-0.25, -0.2) is 8.42 Å². The summed E-state index contributed by atoms with van der Waals surface area (Å²) in [6.45, 7) is 4.30. The van der Waals surface area contributed by atoms with Crippen LogP contribution in [0.15, 0.2) is 23.1 Å². The van der Waals surface area contributed by atoms with Crippen molar-refractivity contribution in [2.45, 2.75) is 25.3 Å². The molecule has 0 saturated carbocycles. The first-order chi connectivity index (χ1) is 9.59. The summed E-state index contributed by atoms with van der Waals surface area (Å²) < 4.78 is 23.5. The molecule has 0 unspecified atom stereocenters. The van der Waals surface area contributed by atoms with Crippen molar-refractivity contribution >= 4 is 27.3 Å². The molecule has 0 bridgehead atoms. The Morgan fingerprint density at radius 3 is 2.48 bits per heavy atom. The van der Waals surface area contributed by atoms with Crippen LogP contribution in [0.4, 0.5) is 0 Å². The van der Waals surface area contributed by atoms with Gasteiger partial charge < -0.3 is 10.6 Å². The number of carbonyl (C=O) groups excluding carboxylic acids is 1. The minimum absolute atomic E-state index is 0.0857.